The van der Waals surface area contributed by atoms with E-state index in [1.165, 1.54) is 18.3 Å². The number of ether oxygens (including phenoxy) is 2. The van der Waals surface area contributed by atoms with Crippen LogP contribution in [-0.2, 0) is 0 Å². The van der Waals surface area contributed by atoms with Crippen LogP contribution in [0.4, 0.5) is 0 Å². The van der Waals surface area contributed by atoms with Crippen LogP contribution < -0.4 is 14.9 Å². The summed E-state index contributed by atoms with van der Waals surface area (Å²) in [7, 11) is 0. The van der Waals surface area contributed by atoms with Gasteiger partial charge in [0.05, 0.1) is 16.8 Å². The van der Waals surface area contributed by atoms with E-state index >= 15 is 0 Å². The number of halogens is 1. The predicted molar refractivity (Wildman–Crippen MR) is 104 cm³/mol. The standard InChI is InChI=1S/C20H13ClN2O6/c21-15-7-11(1-4-14(15)20(25)26)16-6-3-13(29-16)9-22-23-19(24)12-2-5-17-18(8-12)28-10-27-17/h1-9H,10H2,(H,23,24)(H,25,26). The second-order valence-electron chi connectivity index (χ2n) is 5.97. The average Bonchev–Trinajstić information content (AvgIpc) is 3.36. The van der Waals surface area contributed by atoms with Crippen LogP contribution in [0.2, 0.25) is 5.02 Å². The normalized spacial score (nSPS) is 12.3. The summed E-state index contributed by atoms with van der Waals surface area (Å²) in [5.74, 6) is 0.445. The summed E-state index contributed by atoms with van der Waals surface area (Å²) in [5.41, 5.74) is 3.40. The number of amides is 1. The molecule has 1 aliphatic rings. The molecule has 1 aliphatic heterocycles. The minimum absolute atomic E-state index is 0.00925. The highest BCUT2D eigenvalue weighted by molar-refractivity contribution is 6.33. The van der Waals surface area contributed by atoms with Gasteiger partial charge in [-0.15, -0.1) is 0 Å². The number of carboxylic acid groups (broad SMARTS) is 1. The van der Waals surface area contributed by atoms with E-state index in [0.717, 1.165) is 0 Å². The molecule has 2 N–H and O–H groups in total. The molecule has 1 aromatic heterocycles. The van der Waals surface area contributed by atoms with Crippen LogP contribution in [0, 0.1) is 0 Å². The van der Waals surface area contributed by atoms with Crippen molar-refractivity contribution < 1.29 is 28.6 Å². The fraction of sp³-hybridized carbons (Fsp3) is 0.0500. The quantitative estimate of drug-likeness (QED) is 0.487. The van der Waals surface area contributed by atoms with Gasteiger partial charge < -0.3 is 19.0 Å². The highest BCUT2D eigenvalue weighted by Gasteiger charge is 2.16. The van der Waals surface area contributed by atoms with Crippen LogP contribution in [0.15, 0.2) is 58.0 Å². The third kappa shape index (κ3) is 3.92. The van der Waals surface area contributed by atoms with E-state index in [4.69, 9.17) is 30.6 Å². The summed E-state index contributed by atoms with van der Waals surface area (Å²) in [4.78, 5) is 23.2. The number of carbonyl (C=O) groups excluding carboxylic acids is 1. The van der Waals surface area contributed by atoms with Crippen LogP contribution in [0.1, 0.15) is 26.5 Å². The van der Waals surface area contributed by atoms with Gasteiger partial charge in [0.1, 0.15) is 11.5 Å². The Morgan fingerprint density at radius 2 is 1.90 bits per heavy atom. The molecule has 0 saturated carbocycles. The Labute approximate surface area is 169 Å². The summed E-state index contributed by atoms with van der Waals surface area (Å²) >= 11 is 5.98. The lowest BCUT2D eigenvalue weighted by molar-refractivity contribution is 0.0696. The van der Waals surface area contributed by atoms with Gasteiger partial charge in [0.25, 0.3) is 5.91 Å². The fourth-order valence-corrected chi connectivity index (χ4v) is 2.94. The highest BCUT2D eigenvalue weighted by atomic mass is 35.5. The van der Waals surface area contributed by atoms with Crippen molar-refractivity contribution in [1.29, 1.82) is 0 Å². The lowest BCUT2D eigenvalue weighted by atomic mass is 10.1. The monoisotopic (exact) mass is 412 g/mol. The first-order valence-corrected chi connectivity index (χ1v) is 8.75. The van der Waals surface area contributed by atoms with Crippen molar-refractivity contribution in [1.82, 2.24) is 5.43 Å². The SMILES string of the molecule is O=C(NN=Cc1ccc(-c2ccc(C(=O)O)c(Cl)c2)o1)c1ccc2c(c1)OCO2. The van der Waals surface area contributed by atoms with E-state index < -0.39 is 11.9 Å². The number of hydrogen-bond donors (Lipinski definition) is 2. The Bertz CT molecular complexity index is 1140. The van der Waals surface area contributed by atoms with Gasteiger partial charge in [0.15, 0.2) is 11.5 Å². The highest BCUT2D eigenvalue weighted by Crippen LogP contribution is 2.32. The van der Waals surface area contributed by atoms with Gasteiger partial charge in [0.2, 0.25) is 6.79 Å². The van der Waals surface area contributed by atoms with Gasteiger partial charge in [-0.1, -0.05) is 17.7 Å². The van der Waals surface area contributed by atoms with Crippen molar-refractivity contribution in [2.24, 2.45) is 5.10 Å². The maximum absolute atomic E-state index is 12.2. The summed E-state index contributed by atoms with van der Waals surface area (Å²) in [6.07, 6.45) is 1.35. The molecule has 0 unspecified atom stereocenters. The third-order valence-electron chi connectivity index (χ3n) is 4.10. The molecule has 2 aromatic carbocycles. The molecule has 0 fully saturated rings. The first-order valence-electron chi connectivity index (χ1n) is 8.37. The zero-order valence-corrected chi connectivity index (χ0v) is 15.5. The van der Waals surface area contributed by atoms with Crippen molar-refractivity contribution in [3.05, 3.63) is 70.4 Å². The van der Waals surface area contributed by atoms with Gasteiger partial charge in [0, 0.05) is 11.1 Å². The molecular weight excluding hydrogens is 400 g/mol. The summed E-state index contributed by atoms with van der Waals surface area (Å²) in [6.45, 7) is 0.129. The van der Waals surface area contributed by atoms with Crippen molar-refractivity contribution in [2.45, 2.75) is 0 Å². The maximum Gasteiger partial charge on any atom is 0.337 e. The molecule has 3 aromatic rings. The Kier molecular flexibility index (Phi) is 4.92. The van der Waals surface area contributed by atoms with Crippen LogP contribution in [-0.4, -0.2) is 30.0 Å². The van der Waals surface area contributed by atoms with E-state index in [9.17, 15) is 9.59 Å². The minimum atomic E-state index is -1.10. The molecule has 0 radical (unpaired) electrons. The molecule has 0 atom stereocenters. The number of furan rings is 1. The molecule has 2 heterocycles. The average molecular weight is 413 g/mol. The van der Waals surface area contributed by atoms with Crippen LogP contribution in [0.25, 0.3) is 11.3 Å². The number of rotatable bonds is 5. The van der Waals surface area contributed by atoms with Crippen molar-refractivity contribution in [2.75, 3.05) is 6.79 Å². The van der Waals surface area contributed by atoms with Crippen LogP contribution in [0.5, 0.6) is 11.5 Å². The first-order chi connectivity index (χ1) is 14.0. The maximum atomic E-state index is 12.2. The molecule has 0 saturated heterocycles. The van der Waals surface area contributed by atoms with E-state index in [1.54, 1.807) is 36.4 Å². The van der Waals surface area contributed by atoms with Gasteiger partial charge in [-0.2, -0.15) is 5.10 Å². The number of hydrazone groups is 1. The zero-order valence-electron chi connectivity index (χ0n) is 14.7. The third-order valence-corrected chi connectivity index (χ3v) is 4.42. The van der Waals surface area contributed by atoms with Gasteiger partial charge in [-0.05, 0) is 42.5 Å². The van der Waals surface area contributed by atoms with Crippen LogP contribution in [0.3, 0.4) is 0 Å². The Morgan fingerprint density at radius 1 is 1.07 bits per heavy atom. The predicted octanol–water partition coefficient (Wildman–Crippen LogP) is 3.79. The molecule has 0 bridgehead atoms. The fourth-order valence-electron chi connectivity index (χ4n) is 2.68. The van der Waals surface area contributed by atoms with Crippen LogP contribution >= 0.6 is 11.6 Å². The lowest BCUT2D eigenvalue weighted by Gasteiger charge is -2.02. The number of benzene rings is 2. The van der Waals surface area contributed by atoms with Crippen molar-refractivity contribution >= 4 is 29.7 Å². The topological polar surface area (TPSA) is 110 Å². The number of hydrogen-bond acceptors (Lipinski definition) is 6. The molecule has 8 nitrogen and oxygen atoms in total. The van der Waals surface area contributed by atoms with E-state index in [1.807, 2.05) is 0 Å². The molecule has 29 heavy (non-hydrogen) atoms. The lowest BCUT2D eigenvalue weighted by Crippen LogP contribution is -2.17. The van der Waals surface area contributed by atoms with E-state index in [2.05, 4.69) is 10.5 Å². The van der Waals surface area contributed by atoms with E-state index in [0.29, 0.717) is 34.1 Å². The molecule has 1 amide bonds. The molecule has 146 valence electrons. The Morgan fingerprint density at radius 3 is 2.69 bits per heavy atom. The van der Waals surface area contributed by atoms with Gasteiger partial charge in [-0.25, -0.2) is 10.2 Å². The summed E-state index contributed by atoms with van der Waals surface area (Å²) in [5, 5.41) is 13.0. The number of nitrogens with zero attached hydrogens (tertiary/aromatic N) is 1. The molecule has 4 rings (SSSR count). The number of carbonyl (C=O) groups is 2. The number of fused-ring (bicyclic) bond motifs is 1. The Balaban J connectivity index is 1.42. The van der Waals surface area contributed by atoms with Crippen molar-refractivity contribution in [3.63, 3.8) is 0 Å². The Hall–Kier alpha value is -3.78. The minimum Gasteiger partial charge on any atom is -0.478 e. The summed E-state index contributed by atoms with van der Waals surface area (Å²) in [6, 6.07) is 12.7. The van der Waals surface area contributed by atoms with Gasteiger partial charge in [-0.3, -0.25) is 4.79 Å². The van der Waals surface area contributed by atoms with Gasteiger partial charge >= 0.3 is 5.97 Å². The first kappa shape index (κ1) is 18.6. The molecule has 0 spiro atoms. The molecule has 0 aliphatic carbocycles. The molecular formula is C20H13ClN2O6. The summed E-state index contributed by atoms with van der Waals surface area (Å²) < 4.78 is 16.1. The zero-order chi connectivity index (χ0) is 20.4. The van der Waals surface area contributed by atoms with Crippen molar-refractivity contribution in [3.8, 4) is 22.8 Å². The largest absolute Gasteiger partial charge is 0.478 e. The second-order valence-corrected chi connectivity index (χ2v) is 6.38. The number of aromatic carboxylic acids is 1. The number of nitrogens with one attached hydrogen (secondary N) is 1. The second kappa shape index (κ2) is 7.69. The van der Waals surface area contributed by atoms with E-state index in [-0.39, 0.29) is 17.4 Å². The smallest absolute Gasteiger partial charge is 0.337 e. The number of carboxylic acids is 1. The molecule has 9 heteroatoms.